The highest BCUT2D eigenvalue weighted by Gasteiger charge is 2.55. The number of carboxylic acids is 1. The summed E-state index contributed by atoms with van der Waals surface area (Å²) in [7, 11) is -3.06. The van der Waals surface area contributed by atoms with E-state index < -0.39 is 74.2 Å². The van der Waals surface area contributed by atoms with Crippen LogP contribution in [0.25, 0.3) is 11.2 Å². The normalized spacial score (nSPS) is 23.7. The standard InChI is InChI=1S/C29H41IN7O10P/c1-14(2)18(24(39)40)35-48(43,36-19(15(3)4)25(41)45-12-16-10-8-7-9-11-16)46-13-17-21(38)29(5,42)26(47-17)37-22-20(32-27(37)30)23(44-6)34-28(31)33-22/h7-11,14-15,17-19,21,26,38,42H,12-13H2,1-6H3,(H,39,40)(H2,31,33,34)(H2,35,36,43)/t17-,18+,19+,21-,26-,29-,48?/m1/s1. The zero-order valence-corrected chi connectivity index (χ0v) is 30.3. The van der Waals surface area contributed by atoms with Crippen molar-refractivity contribution in [3.63, 3.8) is 0 Å². The van der Waals surface area contributed by atoms with E-state index in [4.69, 9.17) is 24.5 Å². The molecule has 0 saturated carbocycles. The number of nitrogens with zero attached hydrogens (tertiary/aromatic N) is 4. The quantitative estimate of drug-likeness (QED) is 0.0558. The number of aliphatic carboxylic acids is 1. The Hall–Kier alpha value is -2.97. The number of nitrogens with one attached hydrogen (secondary N) is 2. The fourth-order valence-corrected chi connectivity index (χ4v) is 7.93. The number of aliphatic hydroxyl groups excluding tert-OH is 1. The fraction of sp³-hybridized carbons (Fsp3) is 0.552. The lowest BCUT2D eigenvalue weighted by molar-refractivity contribution is -0.148. The number of aliphatic hydroxyl groups is 2. The molecule has 1 saturated heterocycles. The summed E-state index contributed by atoms with van der Waals surface area (Å²) in [4.78, 5) is 38.0. The van der Waals surface area contributed by atoms with Crippen LogP contribution < -0.4 is 20.6 Å². The van der Waals surface area contributed by atoms with E-state index in [-0.39, 0.29) is 29.6 Å². The molecule has 0 bridgehead atoms. The van der Waals surface area contributed by atoms with Gasteiger partial charge < -0.3 is 39.8 Å². The molecule has 17 nitrogen and oxygen atoms in total. The van der Waals surface area contributed by atoms with E-state index in [1.807, 2.05) is 28.7 Å². The lowest BCUT2D eigenvalue weighted by atomic mass is 9.96. The van der Waals surface area contributed by atoms with Gasteiger partial charge in [-0.3, -0.25) is 18.7 Å². The van der Waals surface area contributed by atoms with E-state index in [1.165, 1.54) is 18.6 Å². The highest BCUT2D eigenvalue weighted by Crippen LogP contribution is 2.45. The van der Waals surface area contributed by atoms with Crippen LogP contribution >= 0.6 is 30.3 Å². The van der Waals surface area contributed by atoms with Crippen LogP contribution in [0.2, 0.25) is 0 Å². The average molecular weight is 806 g/mol. The van der Waals surface area contributed by atoms with Crippen molar-refractivity contribution >= 4 is 59.3 Å². The van der Waals surface area contributed by atoms with Gasteiger partial charge in [0.05, 0.1) is 13.7 Å². The molecule has 48 heavy (non-hydrogen) atoms. The highest BCUT2D eigenvalue weighted by atomic mass is 127. The number of anilines is 1. The minimum absolute atomic E-state index is 0.0460. The number of imidazole rings is 1. The van der Waals surface area contributed by atoms with Crippen molar-refractivity contribution in [2.75, 3.05) is 19.5 Å². The first-order chi connectivity index (χ1) is 22.5. The molecular formula is C29H41IN7O10P. The van der Waals surface area contributed by atoms with Crippen LogP contribution in [0.15, 0.2) is 30.3 Å². The zero-order valence-electron chi connectivity index (χ0n) is 27.2. The molecule has 0 amide bonds. The summed E-state index contributed by atoms with van der Waals surface area (Å²) in [5.74, 6) is -3.12. The molecule has 19 heteroatoms. The summed E-state index contributed by atoms with van der Waals surface area (Å²) in [6.07, 6.45) is -4.21. The van der Waals surface area contributed by atoms with Crippen LogP contribution in [-0.2, 0) is 34.8 Å². The molecule has 1 aromatic carbocycles. The van der Waals surface area contributed by atoms with Crippen LogP contribution in [0, 0.1) is 15.7 Å². The van der Waals surface area contributed by atoms with Gasteiger partial charge in [0.15, 0.2) is 21.2 Å². The smallest absolute Gasteiger partial charge is 0.342 e. The van der Waals surface area contributed by atoms with Gasteiger partial charge >= 0.3 is 19.6 Å². The Kier molecular flexibility index (Phi) is 12.1. The van der Waals surface area contributed by atoms with E-state index in [2.05, 4.69) is 25.1 Å². The molecule has 0 radical (unpaired) electrons. The van der Waals surface area contributed by atoms with E-state index in [0.29, 0.717) is 3.83 Å². The Balaban J connectivity index is 1.61. The number of hydrogen-bond acceptors (Lipinski definition) is 13. The number of nitrogen functional groups attached to an aromatic ring is 1. The van der Waals surface area contributed by atoms with Crippen LogP contribution in [0.5, 0.6) is 5.88 Å². The van der Waals surface area contributed by atoms with E-state index in [0.717, 1.165) is 5.56 Å². The topological polar surface area (TPSA) is 242 Å². The van der Waals surface area contributed by atoms with Crippen LogP contribution in [-0.4, -0.2) is 90.4 Å². The third kappa shape index (κ3) is 8.24. The Labute approximate surface area is 290 Å². The molecule has 0 aliphatic carbocycles. The molecule has 3 heterocycles. The molecule has 7 N–H and O–H groups in total. The molecule has 7 atom stereocenters. The maximum Gasteiger partial charge on any atom is 0.342 e. The van der Waals surface area contributed by atoms with E-state index >= 15 is 0 Å². The van der Waals surface area contributed by atoms with Gasteiger partial charge in [-0.25, -0.2) is 15.2 Å². The zero-order chi connectivity index (χ0) is 35.6. The lowest BCUT2D eigenvalue weighted by Gasteiger charge is -2.31. The number of nitrogens with two attached hydrogens (primary N) is 1. The molecule has 4 rings (SSSR count). The summed E-state index contributed by atoms with van der Waals surface area (Å²) in [5.41, 5.74) is 5.03. The summed E-state index contributed by atoms with van der Waals surface area (Å²) in [6, 6.07) is 6.41. The minimum atomic E-state index is -4.44. The number of halogens is 1. The summed E-state index contributed by atoms with van der Waals surface area (Å²) in [6.45, 7) is 7.28. The third-order valence-electron chi connectivity index (χ3n) is 7.78. The number of fused-ring (bicyclic) bond motifs is 1. The van der Waals surface area contributed by atoms with Crippen molar-refractivity contribution in [3.8, 4) is 5.88 Å². The molecule has 264 valence electrons. The van der Waals surface area contributed by atoms with Crippen molar-refractivity contribution in [2.45, 2.75) is 77.3 Å². The number of aromatic nitrogens is 4. The van der Waals surface area contributed by atoms with Crippen LogP contribution in [0.3, 0.4) is 0 Å². The molecular weight excluding hydrogens is 764 g/mol. The second-order valence-electron chi connectivity index (χ2n) is 12.2. The van der Waals surface area contributed by atoms with Gasteiger partial charge in [0.1, 0.15) is 36.5 Å². The molecule has 2 aromatic heterocycles. The molecule has 1 fully saturated rings. The summed E-state index contributed by atoms with van der Waals surface area (Å²) >= 11 is 1.89. The van der Waals surface area contributed by atoms with Crippen molar-refractivity contribution < 1.29 is 48.2 Å². The van der Waals surface area contributed by atoms with Gasteiger partial charge in [0.2, 0.25) is 11.8 Å². The summed E-state index contributed by atoms with van der Waals surface area (Å²) < 4.78 is 38.8. The van der Waals surface area contributed by atoms with Gasteiger partial charge in [0.25, 0.3) is 0 Å². The number of rotatable bonds is 15. The maximum atomic E-state index is 14.4. The van der Waals surface area contributed by atoms with Gasteiger partial charge in [-0.05, 0) is 24.3 Å². The van der Waals surface area contributed by atoms with Crippen LogP contribution in [0.1, 0.15) is 46.4 Å². The predicted molar refractivity (Wildman–Crippen MR) is 181 cm³/mol. The second-order valence-corrected chi connectivity index (χ2v) is 15.0. The highest BCUT2D eigenvalue weighted by molar-refractivity contribution is 14.1. The first-order valence-corrected chi connectivity index (χ1v) is 17.7. The predicted octanol–water partition coefficient (Wildman–Crippen LogP) is 2.21. The Morgan fingerprint density at radius 1 is 1.12 bits per heavy atom. The second kappa shape index (κ2) is 15.3. The fourth-order valence-electron chi connectivity index (χ4n) is 5.08. The number of methoxy groups -OCH3 is 1. The van der Waals surface area contributed by atoms with E-state index in [9.17, 15) is 29.5 Å². The first kappa shape index (κ1) is 37.8. The number of hydrogen-bond donors (Lipinski definition) is 6. The molecule has 3 aromatic rings. The average Bonchev–Trinajstić information content (AvgIpc) is 3.46. The van der Waals surface area contributed by atoms with Crippen LogP contribution in [0.4, 0.5) is 5.95 Å². The number of carboxylic acid groups (broad SMARTS) is 1. The van der Waals surface area contributed by atoms with Gasteiger partial charge in [-0.15, -0.1) is 0 Å². The molecule has 0 spiro atoms. The molecule has 1 unspecified atom stereocenters. The number of carbonyl (C=O) groups is 2. The van der Waals surface area contributed by atoms with Gasteiger partial charge in [-0.2, -0.15) is 9.97 Å². The third-order valence-corrected chi connectivity index (χ3v) is 10.3. The SMILES string of the molecule is COc1nc(N)nc2c1nc(I)n2[C@@H]1O[C@H](COP(=O)(N[C@H](C(=O)O)C(C)C)N[C@H](C(=O)OCc2ccccc2)C(C)C)[C@@H](O)[C@@]1(C)O. The largest absolute Gasteiger partial charge is 0.480 e. The van der Waals surface area contributed by atoms with Gasteiger partial charge in [-0.1, -0.05) is 58.0 Å². The Bertz CT molecular complexity index is 1660. The monoisotopic (exact) mass is 805 g/mol. The molecule has 1 aliphatic heterocycles. The van der Waals surface area contributed by atoms with Crippen molar-refractivity contribution in [3.05, 3.63) is 39.7 Å². The Morgan fingerprint density at radius 2 is 1.75 bits per heavy atom. The van der Waals surface area contributed by atoms with Crippen molar-refractivity contribution in [1.29, 1.82) is 0 Å². The number of esters is 1. The minimum Gasteiger partial charge on any atom is -0.480 e. The number of ether oxygens (including phenoxy) is 3. The molecule has 1 aliphatic rings. The lowest BCUT2D eigenvalue weighted by Crippen LogP contribution is -2.48. The number of benzene rings is 1. The summed E-state index contributed by atoms with van der Waals surface area (Å²) in [5, 5.41) is 37.8. The number of carbonyl (C=O) groups excluding carboxylic acids is 1. The van der Waals surface area contributed by atoms with Crippen molar-refractivity contribution in [2.24, 2.45) is 11.8 Å². The van der Waals surface area contributed by atoms with Gasteiger partial charge in [0, 0.05) is 22.6 Å². The van der Waals surface area contributed by atoms with E-state index in [1.54, 1.807) is 52.0 Å². The first-order valence-electron chi connectivity index (χ1n) is 15.0. The van der Waals surface area contributed by atoms with Crippen molar-refractivity contribution in [1.82, 2.24) is 29.7 Å². The Morgan fingerprint density at radius 3 is 2.33 bits per heavy atom. The maximum absolute atomic E-state index is 14.4.